The van der Waals surface area contributed by atoms with Crippen LogP contribution in [-0.4, -0.2) is 18.0 Å². The van der Waals surface area contributed by atoms with E-state index in [-0.39, 0.29) is 5.91 Å². The van der Waals surface area contributed by atoms with Gasteiger partial charge in [-0.15, -0.1) is 0 Å². The molecule has 0 unspecified atom stereocenters. The molecule has 0 bridgehead atoms. The number of carbonyl (C=O) groups is 1. The summed E-state index contributed by atoms with van der Waals surface area (Å²) in [6.45, 7) is 0. The van der Waals surface area contributed by atoms with E-state index in [9.17, 15) is 4.79 Å². The summed E-state index contributed by atoms with van der Waals surface area (Å²) in [6, 6.07) is 13.3. The molecule has 1 heterocycles. The number of hydrogen-bond acceptors (Lipinski definition) is 4. The van der Waals surface area contributed by atoms with Crippen LogP contribution in [0.2, 0.25) is 0 Å². The largest absolute Gasteiger partial charge is 0.497 e. The average molecular weight is 389 g/mol. The van der Waals surface area contributed by atoms with Crippen LogP contribution in [0.1, 0.15) is 5.56 Å². The number of thiazole rings is 1. The highest BCUT2D eigenvalue weighted by Crippen LogP contribution is 2.28. The van der Waals surface area contributed by atoms with Gasteiger partial charge in [0.05, 0.1) is 17.3 Å². The fourth-order valence-electron chi connectivity index (χ4n) is 1.99. The lowest BCUT2D eigenvalue weighted by Gasteiger charge is -1.99. The number of amides is 1. The first kappa shape index (κ1) is 15.7. The molecule has 0 atom stereocenters. The van der Waals surface area contributed by atoms with Gasteiger partial charge >= 0.3 is 0 Å². The third-order valence-corrected chi connectivity index (χ3v) is 4.55. The molecule has 3 rings (SSSR count). The zero-order valence-electron chi connectivity index (χ0n) is 12.2. The van der Waals surface area contributed by atoms with Gasteiger partial charge in [0.15, 0.2) is 5.13 Å². The van der Waals surface area contributed by atoms with E-state index in [1.807, 2.05) is 42.5 Å². The predicted molar refractivity (Wildman–Crippen MR) is 98.0 cm³/mol. The first-order chi connectivity index (χ1) is 11.1. The van der Waals surface area contributed by atoms with Gasteiger partial charge in [0.1, 0.15) is 5.75 Å². The Morgan fingerprint density at radius 2 is 2.04 bits per heavy atom. The molecule has 0 aliphatic carbocycles. The van der Waals surface area contributed by atoms with Gasteiger partial charge in [0.2, 0.25) is 5.91 Å². The van der Waals surface area contributed by atoms with E-state index in [1.54, 1.807) is 13.2 Å². The normalized spacial score (nSPS) is 11.0. The first-order valence-electron chi connectivity index (χ1n) is 6.83. The van der Waals surface area contributed by atoms with Crippen molar-refractivity contribution in [2.45, 2.75) is 0 Å². The van der Waals surface area contributed by atoms with Crippen molar-refractivity contribution >= 4 is 54.6 Å². The molecule has 0 radical (unpaired) electrons. The smallest absolute Gasteiger partial charge is 0.250 e. The van der Waals surface area contributed by atoms with Crippen molar-refractivity contribution in [2.24, 2.45) is 0 Å². The molecule has 0 aliphatic rings. The molecule has 1 aromatic heterocycles. The van der Waals surface area contributed by atoms with Crippen LogP contribution in [0.25, 0.3) is 16.3 Å². The summed E-state index contributed by atoms with van der Waals surface area (Å²) in [6.07, 6.45) is 3.24. The third kappa shape index (κ3) is 3.97. The summed E-state index contributed by atoms with van der Waals surface area (Å²) in [5.41, 5.74) is 1.79. The maximum Gasteiger partial charge on any atom is 0.250 e. The monoisotopic (exact) mass is 388 g/mol. The lowest BCUT2D eigenvalue weighted by atomic mass is 10.2. The number of nitrogens with one attached hydrogen (secondary N) is 1. The van der Waals surface area contributed by atoms with Gasteiger partial charge in [0.25, 0.3) is 0 Å². The van der Waals surface area contributed by atoms with Crippen LogP contribution < -0.4 is 10.1 Å². The van der Waals surface area contributed by atoms with Gasteiger partial charge < -0.3 is 4.74 Å². The lowest BCUT2D eigenvalue weighted by molar-refractivity contribution is -0.111. The quantitative estimate of drug-likeness (QED) is 0.657. The van der Waals surface area contributed by atoms with Gasteiger partial charge in [-0.3, -0.25) is 10.1 Å². The Bertz CT molecular complexity index is 872. The second kappa shape index (κ2) is 6.93. The lowest BCUT2D eigenvalue weighted by Crippen LogP contribution is -2.07. The Morgan fingerprint density at radius 1 is 1.26 bits per heavy atom. The molecule has 0 saturated carbocycles. The number of methoxy groups -OCH3 is 1. The average Bonchev–Trinajstić information content (AvgIpc) is 2.94. The van der Waals surface area contributed by atoms with Crippen LogP contribution >= 0.6 is 27.3 Å². The van der Waals surface area contributed by atoms with E-state index in [0.717, 1.165) is 26.0 Å². The molecule has 0 aliphatic heterocycles. The molecule has 2 aromatic carbocycles. The van der Waals surface area contributed by atoms with E-state index in [1.165, 1.54) is 17.4 Å². The Kier molecular flexibility index (Phi) is 4.73. The molecule has 3 aromatic rings. The summed E-state index contributed by atoms with van der Waals surface area (Å²) < 4.78 is 7.11. The molecule has 1 N–H and O–H groups in total. The molecular formula is C17H13BrN2O2S. The minimum atomic E-state index is -0.209. The third-order valence-electron chi connectivity index (χ3n) is 3.12. The summed E-state index contributed by atoms with van der Waals surface area (Å²) >= 11 is 4.87. The van der Waals surface area contributed by atoms with Crippen LogP contribution in [0.5, 0.6) is 5.75 Å². The number of ether oxygens (including phenoxy) is 1. The molecular weight excluding hydrogens is 376 g/mol. The van der Waals surface area contributed by atoms with E-state index in [2.05, 4.69) is 26.2 Å². The highest BCUT2D eigenvalue weighted by atomic mass is 79.9. The van der Waals surface area contributed by atoms with Crippen molar-refractivity contribution in [3.63, 3.8) is 0 Å². The van der Waals surface area contributed by atoms with Gasteiger partial charge in [-0.25, -0.2) is 4.98 Å². The zero-order valence-corrected chi connectivity index (χ0v) is 14.6. The number of hydrogen-bond donors (Lipinski definition) is 1. The number of nitrogens with zero attached hydrogens (tertiary/aromatic N) is 1. The van der Waals surface area contributed by atoms with E-state index in [4.69, 9.17) is 4.74 Å². The SMILES string of the molecule is COc1ccc(/C=C/C(=O)Nc2nc3ccc(Br)cc3s2)cc1. The fraction of sp³-hybridized carbons (Fsp3) is 0.0588. The minimum absolute atomic E-state index is 0.209. The molecule has 116 valence electrons. The Balaban J connectivity index is 1.68. The number of rotatable bonds is 4. The molecule has 6 heteroatoms. The highest BCUT2D eigenvalue weighted by Gasteiger charge is 2.06. The van der Waals surface area contributed by atoms with Gasteiger partial charge in [-0.2, -0.15) is 0 Å². The van der Waals surface area contributed by atoms with Crippen LogP contribution in [0.4, 0.5) is 5.13 Å². The van der Waals surface area contributed by atoms with Crippen LogP contribution in [0.15, 0.2) is 53.0 Å². The summed E-state index contributed by atoms with van der Waals surface area (Å²) in [4.78, 5) is 16.4. The summed E-state index contributed by atoms with van der Waals surface area (Å²) in [7, 11) is 1.62. The number of fused-ring (bicyclic) bond motifs is 1. The number of benzene rings is 2. The zero-order chi connectivity index (χ0) is 16.2. The van der Waals surface area contributed by atoms with Crippen molar-refractivity contribution in [1.29, 1.82) is 0 Å². The second-order valence-electron chi connectivity index (χ2n) is 4.73. The first-order valence-corrected chi connectivity index (χ1v) is 8.44. The Labute approximate surface area is 145 Å². The van der Waals surface area contributed by atoms with Crippen molar-refractivity contribution in [3.05, 3.63) is 58.6 Å². The molecule has 0 spiro atoms. The molecule has 23 heavy (non-hydrogen) atoms. The van der Waals surface area contributed by atoms with Crippen molar-refractivity contribution in [1.82, 2.24) is 4.98 Å². The topological polar surface area (TPSA) is 51.2 Å². The highest BCUT2D eigenvalue weighted by molar-refractivity contribution is 9.10. The van der Waals surface area contributed by atoms with Crippen LogP contribution in [0, 0.1) is 0 Å². The van der Waals surface area contributed by atoms with E-state index >= 15 is 0 Å². The van der Waals surface area contributed by atoms with Crippen molar-refractivity contribution < 1.29 is 9.53 Å². The summed E-state index contributed by atoms with van der Waals surface area (Å²) in [5, 5.41) is 3.37. The Hall–Kier alpha value is -2.18. The van der Waals surface area contributed by atoms with Crippen LogP contribution in [0.3, 0.4) is 0 Å². The van der Waals surface area contributed by atoms with Gasteiger partial charge in [0, 0.05) is 10.5 Å². The van der Waals surface area contributed by atoms with Gasteiger partial charge in [-0.1, -0.05) is 39.4 Å². The molecule has 1 amide bonds. The number of anilines is 1. The molecule has 0 saturated heterocycles. The summed E-state index contributed by atoms with van der Waals surface area (Å²) in [5.74, 6) is 0.575. The van der Waals surface area contributed by atoms with E-state index < -0.39 is 0 Å². The Morgan fingerprint density at radius 3 is 2.78 bits per heavy atom. The number of carbonyl (C=O) groups excluding carboxylic acids is 1. The molecule has 0 fully saturated rings. The molecule has 4 nitrogen and oxygen atoms in total. The minimum Gasteiger partial charge on any atom is -0.497 e. The van der Waals surface area contributed by atoms with Crippen LogP contribution in [-0.2, 0) is 4.79 Å². The maximum atomic E-state index is 12.0. The fourth-order valence-corrected chi connectivity index (χ4v) is 3.41. The predicted octanol–water partition coefficient (Wildman–Crippen LogP) is 4.72. The van der Waals surface area contributed by atoms with E-state index in [0.29, 0.717) is 5.13 Å². The standard InChI is InChI=1S/C17H13BrN2O2S/c1-22-13-6-2-11(3-7-13)4-9-16(21)20-17-19-14-8-5-12(18)10-15(14)23-17/h2-10H,1H3,(H,19,20,21)/b9-4+. The van der Waals surface area contributed by atoms with Crippen molar-refractivity contribution in [3.8, 4) is 5.75 Å². The maximum absolute atomic E-state index is 12.0. The van der Waals surface area contributed by atoms with Gasteiger partial charge in [-0.05, 0) is 42.0 Å². The second-order valence-corrected chi connectivity index (χ2v) is 6.67. The van der Waals surface area contributed by atoms with Crippen molar-refractivity contribution in [2.75, 3.05) is 12.4 Å². The number of halogens is 1. The number of aromatic nitrogens is 1.